The maximum Gasteiger partial charge on any atom is 0.298 e. The van der Waals surface area contributed by atoms with Crippen LogP contribution < -0.4 is 19.1 Å². The molecule has 2 atom stereocenters. The van der Waals surface area contributed by atoms with Crippen LogP contribution in [0.15, 0.2) is 91.6 Å². The second-order valence-corrected chi connectivity index (χ2v) is 18.9. The lowest BCUT2D eigenvalue weighted by atomic mass is 9.79. The van der Waals surface area contributed by atoms with E-state index in [1.165, 1.54) is 33.4 Å². The van der Waals surface area contributed by atoms with E-state index in [1.54, 1.807) is 5.19 Å². The first kappa shape index (κ1) is 27.8. The van der Waals surface area contributed by atoms with Crippen molar-refractivity contribution in [3.05, 3.63) is 103 Å². The van der Waals surface area contributed by atoms with Gasteiger partial charge in [0.25, 0.3) is 5.82 Å². The molecule has 0 spiro atoms. The molecule has 0 fully saturated rings. The summed E-state index contributed by atoms with van der Waals surface area (Å²) in [6, 6.07) is 28.8. The zero-order valence-corrected chi connectivity index (χ0v) is 27.4. The van der Waals surface area contributed by atoms with E-state index < -0.39 is 8.07 Å². The van der Waals surface area contributed by atoms with Gasteiger partial charge in [-0.15, -0.1) is 0 Å². The molecular weight excluding hydrogens is 543 g/mol. The molecule has 3 aromatic carbocycles. The predicted molar refractivity (Wildman–Crippen MR) is 179 cm³/mol. The maximum absolute atomic E-state index is 6.64. The number of aryl methyl sites for hydroxylation is 1. The van der Waals surface area contributed by atoms with E-state index in [0.717, 1.165) is 35.7 Å². The SMILES string of the molecule is C=C1C2C(CCOc3ccccc3-c3n(C)c4ccccc4[n+]31)c1ccccc1-c1cc(CC(C)C)c([Si](C)(C)C)c[n+]12. The number of pyridine rings is 1. The number of benzene rings is 3. The van der Waals surface area contributed by atoms with Gasteiger partial charge in [-0.05, 0) is 66.8 Å². The molecule has 4 heterocycles. The molecular formula is C38H43N3OSi+2. The van der Waals surface area contributed by atoms with Crippen LogP contribution >= 0.6 is 0 Å². The molecule has 0 N–H and O–H groups in total. The molecule has 0 saturated carbocycles. The number of imidazole rings is 1. The quantitative estimate of drug-likeness (QED) is 0.160. The summed E-state index contributed by atoms with van der Waals surface area (Å²) in [7, 11) is 0.507. The summed E-state index contributed by atoms with van der Waals surface area (Å²) in [5, 5.41) is 1.55. The van der Waals surface area contributed by atoms with Crippen LogP contribution in [0.25, 0.3) is 39.4 Å². The highest BCUT2D eigenvalue weighted by atomic mass is 28.3. The Morgan fingerprint density at radius 2 is 1.65 bits per heavy atom. The Bertz CT molecular complexity index is 1890. The van der Waals surface area contributed by atoms with Gasteiger partial charge in [0.1, 0.15) is 11.3 Å². The lowest BCUT2D eigenvalue weighted by Crippen LogP contribution is -2.57. The maximum atomic E-state index is 6.64. The van der Waals surface area contributed by atoms with Crippen LogP contribution in [-0.2, 0) is 13.5 Å². The van der Waals surface area contributed by atoms with Gasteiger partial charge in [-0.2, -0.15) is 9.13 Å². The Kier molecular flexibility index (Phi) is 6.70. The molecule has 4 nitrogen and oxygen atoms in total. The summed E-state index contributed by atoms with van der Waals surface area (Å²) < 4.78 is 14.0. The molecule has 2 aliphatic heterocycles. The van der Waals surface area contributed by atoms with E-state index in [-0.39, 0.29) is 12.0 Å². The average molecular weight is 586 g/mol. The van der Waals surface area contributed by atoms with Crippen LogP contribution in [0.4, 0.5) is 0 Å². The van der Waals surface area contributed by atoms with Crippen molar-refractivity contribution >= 4 is 30.0 Å². The lowest BCUT2D eigenvalue weighted by Gasteiger charge is -2.33. The molecule has 2 unspecified atom stereocenters. The van der Waals surface area contributed by atoms with Crippen LogP contribution in [-0.4, -0.2) is 19.2 Å². The van der Waals surface area contributed by atoms with Gasteiger partial charge in [-0.25, -0.2) is 4.57 Å². The van der Waals surface area contributed by atoms with Crippen molar-refractivity contribution in [3.8, 4) is 28.4 Å². The van der Waals surface area contributed by atoms with E-state index in [1.807, 2.05) is 0 Å². The summed E-state index contributed by atoms with van der Waals surface area (Å²) in [5.41, 5.74) is 10.1. The van der Waals surface area contributed by atoms with E-state index >= 15 is 0 Å². The minimum Gasteiger partial charge on any atom is -0.493 e. The smallest absolute Gasteiger partial charge is 0.298 e. The highest BCUT2D eigenvalue weighted by molar-refractivity contribution is 6.89. The zero-order valence-electron chi connectivity index (χ0n) is 26.4. The Morgan fingerprint density at radius 1 is 0.953 bits per heavy atom. The highest BCUT2D eigenvalue weighted by Gasteiger charge is 2.47. The molecule has 0 aliphatic carbocycles. The Balaban J connectivity index is 1.56. The highest BCUT2D eigenvalue weighted by Crippen LogP contribution is 2.45. The third-order valence-corrected chi connectivity index (χ3v) is 11.5. The van der Waals surface area contributed by atoms with Gasteiger partial charge >= 0.3 is 0 Å². The number of hydrogen-bond acceptors (Lipinski definition) is 1. The fourth-order valence-corrected chi connectivity index (χ4v) is 9.24. The summed E-state index contributed by atoms with van der Waals surface area (Å²) in [4.78, 5) is 0. The Labute approximate surface area is 256 Å². The molecule has 0 bridgehead atoms. The summed E-state index contributed by atoms with van der Waals surface area (Å²) >= 11 is 0. The van der Waals surface area contributed by atoms with E-state index in [0.29, 0.717) is 12.5 Å². The summed E-state index contributed by atoms with van der Waals surface area (Å²) in [5.74, 6) is 2.84. The van der Waals surface area contributed by atoms with Crippen molar-refractivity contribution in [2.75, 3.05) is 6.61 Å². The van der Waals surface area contributed by atoms with Crippen molar-refractivity contribution in [1.29, 1.82) is 0 Å². The number of para-hydroxylation sites is 3. The van der Waals surface area contributed by atoms with Crippen LogP contribution in [0.2, 0.25) is 19.6 Å². The second kappa shape index (κ2) is 10.3. The van der Waals surface area contributed by atoms with Gasteiger partial charge in [-0.1, -0.05) is 76.0 Å². The number of rotatable bonds is 3. The van der Waals surface area contributed by atoms with Crippen molar-refractivity contribution in [3.63, 3.8) is 0 Å². The van der Waals surface area contributed by atoms with Gasteiger partial charge in [0.2, 0.25) is 11.7 Å². The topological polar surface area (TPSA) is 21.9 Å². The molecule has 2 aromatic heterocycles. The largest absolute Gasteiger partial charge is 0.493 e. The third kappa shape index (κ3) is 4.48. The van der Waals surface area contributed by atoms with E-state index in [2.05, 4.69) is 139 Å². The average Bonchev–Trinajstić information content (AvgIpc) is 3.28. The van der Waals surface area contributed by atoms with Gasteiger partial charge in [-0.3, -0.25) is 0 Å². The molecule has 43 heavy (non-hydrogen) atoms. The van der Waals surface area contributed by atoms with Crippen molar-refractivity contribution < 1.29 is 13.9 Å². The first-order valence-corrected chi connectivity index (χ1v) is 19.2. The molecule has 5 heteroatoms. The van der Waals surface area contributed by atoms with Gasteiger partial charge < -0.3 is 4.74 Å². The summed E-state index contributed by atoms with van der Waals surface area (Å²) in [6.07, 6.45) is 4.53. The molecule has 2 aliphatic rings. The van der Waals surface area contributed by atoms with Crippen LogP contribution in [0, 0.1) is 5.92 Å². The van der Waals surface area contributed by atoms with Crippen LogP contribution in [0.3, 0.4) is 0 Å². The normalized spacial score (nSPS) is 17.9. The second-order valence-electron chi connectivity index (χ2n) is 13.8. The Hall–Kier alpha value is -3.96. The lowest BCUT2D eigenvalue weighted by molar-refractivity contribution is -0.723. The number of aromatic nitrogens is 3. The first-order chi connectivity index (χ1) is 20.6. The summed E-state index contributed by atoms with van der Waals surface area (Å²) in [6.45, 7) is 17.8. The van der Waals surface area contributed by atoms with Gasteiger partial charge in [0.05, 0.1) is 27.6 Å². The number of ether oxygens (including phenoxy) is 1. The number of allylic oxidation sites excluding steroid dienone is 1. The number of hydrogen-bond donors (Lipinski definition) is 0. The zero-order chi connectivity index (χ0) is 30.0. The number of nitrogens with zero attached hydrogens (tertiary/aromatic N) is 3. The van der Waals surface area contributed by atoms with Crippen molar-refractivity contribution in [2.24, 2.45) is 13.0 Å². The molecule has 0 amide bonds. The fraction of sp³-hybridized carbons (Fsp3) is 0.316. The predicted octanol–water partition coefficient (Wildman–Crippen LogP) is 7.42. The molecule has 218 valence electrons. The number of fused-ring (bicyclic) bond motifs is 11. The minimum atomic E-state index is -1.66. The van der Waals surface area contributed by atoms with Gasteiger partial charge in [0, 0.05) is 16.8 Å². The molecule has 7 rings (SSSR count). The van der Waals surface area contributed by atoms with E-state index in [9.17, 15) is 0 Å². The monoisotopic (exact) mass is 585 g/mol. The first-order valence-electron chi connectivity index (χ1n) is 15.7. The molecule has 0 saturated heterocycles. The third-order valence-electron chi connectivity index (χ3n) is 9.41. The molecule has 0 radical (unpaired) electrons. The van der Waals surface area contributed by atoms with Crippen molar-refractivity contribution in [1.82, 2.24) is 4.57 Å². The Morgan fingerprint density at radius 3 is 2.42 bits per heavy atom. The van der Waals surface area contributed by atoms with Crippen LogP contribution in [0.5, 0.6) is 5.75 Å². The van der Waals surface area contributed by atoms with Crippen LogP contribution in [0.1, 0.15) is 43.4 Å². The minimum absolute atomic E-state index is 0.0384. The van der Waals surface area contributed by atoms with Gasteiger partial charge in [0.15, 0.2) is 22.9 Å². The van der Waals surface area contributed by atoms with E-state index in [4.69, 9.17) is 11.3 Å². The van der Waals surface area contributed by atoms with Crippen molar-refractivity contribution in [2.45, 2.75) is 58.3 Å². The fourth-order valence-electron chi connectivity index (χ4n) is 7.58. The molecule has 5 aromatic rings. The standard InChI is InChI=1S/C38H43N3OSi/c1-25(2)22-27-23-34-29-15-9-8-14-28(29)30-20-21-42-35-19-13-10-16-31(35)38-39(4)32-17-11-12-18-33(32)41(38)26(3)37(30)40(34)24-36(27)43(5,6)7/h8-19,23-25,30,37H,3,20-22H2,1-2,4-7H3/q+2.